The predicted molar refractivity (Wildman–Crippen MR) is 79.8 cm³/mol. The molecule has 0 saturated carbocycles. The van der Waals surface area contributed by atoms with Gasteiger partial charge in [-0.25, -0.2) is 0 Å². The monoisotopic (exact) mass is 277 g/mol. The summed E-state index contributed by atoms with van der Waals surface area (Å²) >= 11 is 0. The minimum Gasteiger partial charge on any atom is -0.309 e. The van der Waals surface area contributed by atoms with E-state index in [1.54, 1.807) is 13.0 Å². The molecule has 1 atom stereocenters. The Bertz CT molecular complexity index is 476. The van der Waals surface area contributed by atoms with Crippen LogP contribution in [0.25, 0.3) is 0 Å². The smallest absolute Gasteiger partial charge is 0.272 e. The summed E-state index contributed by atoms with van der Waals surface area (Å²) in [6, 6.07) is 5.97. The Labute approximate surface area is 120 Å². The van der Waals surface area contributed by atoms with Crippen LogP contribution in [0.4, 0.5) is 5.69 Å². The van der Waals surface area contributed by atoms with Gasteiger partial charge in [0.05, 0.1) is 4.92 Å². The average molecular weight is 277 g/mol. The molecule has 0 amide bonds. The van der Waals surface area contributed by atoms with E-state index >= 15 is 0 Å². The number of likely N-dealkylation sites (N-methyl/N-ethyl adjacent to an activating group) is 1. The molecule has 5 nitrogen and oxygen atoms in total. The van der Waals surface area contributed by atoms with Crippen molar-refractivity contribution < 1.29 is 4.92 Å². The Hall–Kier alpha value is -1.46. The van der Waals surface area contributed by atoms with Gasteiger partial charge in [0.25, 0.3) is 5.69 Å². The lowest BCUT2D eigenvalue weighted by atomic mass is 10.0. The number of piperidine rings is 1. The maximum Gasteiger partial charge on any atom is 0.272 e. The van der Waals surface area contributed by atoms with Crippen molar-refractivity contribution in [3.8, 4) is 0 Å². The van der Waals surface area contributed by atoms with Crippen molar-refractivity contribution in [1.82, 2.24) is 10.2 Å². The first-order chi connectivity index (χ1) is 9.60. The molecule has 0 spiro atoms. The number of nitro benzene ring substituents is 1. The molecule has 1 saturated heterocycles. The molecule has 0 radical (unpaired) electrons. The van der Waals surface area contributed by atoms with Crippen LogP contribution in [0.2, 0.25) is 0 Å². The lowest BCUT2D eigenvalue weighted by Crippen LogP contribution is -2.45. The largest absolute Gasteiger partial charge is 0.309 e. The summed E-state index contributed by atoms with van der Waals surface area (Å²) in [5, 5.41) is 14.5. The van der Waals surface area contributed by atoms with E-state index in [0.717, 1.165) is 18.7 Å². The summed E-state index contributed by atoms with van der Waals surface area (Å²) < 4.78 is 0. The zero-order valence-corrected chi connectivity index (χ0v) is 12.3. The van der Waals surface area contributed by atoms with Crippen LogP contribution in [-0.2, 0) is 6.54 Å². The van der Waals surface area contributed by atoms with Crippen molar-refractivity contribution in [2.75, 3.05) is 19.6 Å². The summed E-state index contributed by atoms with van der Waals surface area (Å²) in [7, 11) is 0. The zero-order chi connectivity index (χ0) is 14.5. The van der Waals surface area contributed by atoms with Crippen molar-refractivity contribution in [2.45, 2.75) is 39.3 Å². The maximum atomic E-state index is 10.9. The molecule has 1 aliphatic rings. The van der Waals surface area contributed by atoms with Gasteiger partial charge in [-0.3, -0.25) is 10.1 Å². The van der Waals surface area contributed by atoms with Gasteiger partial charge in [-0.2, -0.15) is 0 Å². The van der Waals surface area contributed by atoms with Gasteiger partial charge in [-0.1, -0.05) is 19.1 Å². The summed E-state index contributed by atoms with van der Waals surface area (Å²) in [4.78, 5) is 13.1. The number of hydrogen-bond acceptors (Lipinski definition) is 4. The molecule has 0 bridgehead atoms. The molecule has 1 N–H and O–H groups in total. The molecule has 1 heterocycles. The van der Waals surface area contributed by atoms with Crippen molar-refractivity contribution in [3.63, 3.8) is 0 Å². The minimum atomic E-state index is -0.307. The molecule has 5 heteroatoms. The lowest BCUT2D eigenvalue weighted by molar-refractivity contribution is -0.385. The van der Waals surface area contributed by atoms with E-state index < -0.39 is 0 Å². The molecular formula is C15H23N3O2. The Morgan fingerprint density at radius 3 is 3.00 bits per heavy atom. The number of hydrogen-bond donors (Lipinski definition) is 1. The molecule has 0 aromatic heterocycles. The van der Waals surface area contributed by atoms with Gasteiger partial charge < -0.3 is 10.2 Å². The van der Waals surface area contributed by atoms with Crippen LogP contribution in [0.15, 0.2) is 18.2 Å². The molecule has 20 heavy (non-hydrogen) atoms. The van der Waals surface area contributed by atoms with Gasteiger partial charge in [0.15, 0.2) is 0 Å². The summed E-state index contributed by atoms with van der Waals surface area (Å²) in [6.07, 6.45) is 2.41. The van der Waals surface area contributed by atoms with Crippen LogP contribution >= 0.6 is 0 Å². The van der Waals surface area contributed by atoms with Crippen LogP contribution in [0.3, 0.4) is 0 Å². The highest BCUT2D eigenvalue weighted by Gasteiger charge is 2.18. The van der Waals surface area contributed by atoms with E-state index in [4.69, 9.17) is 0 Å². The Kier molecular flexibility index (Phi) is 5.09. The first kappa shape index (κ1) is 14.9. The van der Waals surface area contributed by atoms with E-state index in [2.05, 4.69) is 17.1 Å². The van der Waals surface area contributed by atoms with Crippen LogP contribution < -0.4 is 5.32 Å². The molecule has 1 aromatic carbocycles. The molecular weight excluding hydrogens is 254 g/mol. The SMILES string of the molecule is CCN1CCCC(NCc2ccc(C)c([N+](=O)[O-])c2)C1. The minimum absolute atomic E-state index is 0.211. The molecule has 1 aliphatic heterocycles. The van der Waals surface area contributed by atoms with E-state index in [9.17, 15) is 10.1 Å². The fourth-order valence-electron chi connectivity index (χ4n) is 2.73. The Morgan fingerprint density at radius 2 is 2.30 bits per heavy atom. The van der Waals surface area contributed by atoms with Gasteiger partial charge in [0.2, 0.25) is 0 Å². The first-order valence-electron chi connectivity index (χ1n) is 7.29. The molecule has 2 rings (SSSR count). The summed E-state index contributed by atoms with van der Waals surface area (Å²) in [5.41, 5.74) is 1.91. The number of aryl methyl sites for hydroxylation is 1. The van der Waals surface area contributed by atoms with Crippen molar-refractivity contribution in [1.29, 1.82) is 0 Å². The fourth-order valence-corrected chi connectivity index (χ4v) is 2.73. The Balaban J connectivity index is 1.93. The predicted octanol–water partition coefficient (Wildman–Crippen LogP) is 2.48. The number of rotatable bonds is 5. The molecule has 1 aromatic rings. The second kappa shape index (κ2) is 6.81. The summed E-state index contributed by atoms with van der Waals surface area (Å²) in [6.45, 7) is 8.01. The van der Waals surface area contributed by atoms with E-state index in [-0.39, 0.29) is 10.6 Å². The average Bonchev–Trinajstić information content (AvgIpc) is 2.46. The van der Waals surface area contributed by atoms with Crippen molar-refractivity contribution >= 4 is 5.69 Å². The van der Waals surface area contributed by atoms with Crippen LogP contribution in [0.1, 0.15) is 30.9 Å². The van der Waals surface area contributed by atoms with Crippen LogP contribution in [0, 0.1) is 17.0 Å². The second-order valence-corrected chi connectivity index (χ2v) is 5.49. The lowest BCUT2D eigenvalue weighted by Gasteiger charge is -2.32. The highest BCUT2D eigenvalue weighted by atomic mass is 16.6. The number of nitrogens with zero attached hydrogens (tertiary/aromatic N) is 2. The molecule has 1 unspecified atom stereocenters. The third-order valence-corrected chi connectivity index (χ3v) is 4.02. The highest BCUT2D eigenvalue weighted by molar-refractivity contribution is 5.42. The number of nitrogens with one attached hydrogen (secondary N) is 1. The van der Waals surface area contributed by atoms with Crippen molar-refractivity contribution in [3.05, 3.63) is 39.4 Å². The zero-order valence-electron chi connectivity index (χ0n) is 12.3. The summed E-state index contributed by atoms with van der Waals surface area (Å²) in [5.74, 6) is 0. The Morgan fingerprint density at radius 1 is 1.50 bits per heavy atom. The maximum absolute atomic E-state index is 10.9. The fraction of sp³-hybridized carbons (Fsp3) is 0.600. The van der Waals surface area contributed by atoms with Gasteiger partial charge in [0.1, 0.15) is 0 Å². The second-order valence-electron chi connectivity index (χ2n) is 5.49. The number of benzene rings is 1. The van der Waals surface area contributed by atoms with Crippen LogP contribution in [0.5, 0.6) is 0 Å². The topological polar surface area (TPSA) is 58.4 Å². The third-order valence-electron chi connectivity index (χ3n) is 4.02. The van der Waals surface area contributed by atoms with E-state index in [0.29, 0.717) is 18.2 Å². The van der Waals surface area contributed by atoms with Crippen molar-refractivity contribution in [2.24, 2.45) is 0 Å². The molecule has 0 aliphatic carbocycles. The van der Waals surface area contributed by atoms with Gasteiger partial charge in [0, 0.05) is 30.8 Å². The van der Waals surface area contributed by atoms with E-state index in [1.165, 1.54) is 19.4 Å². The first-order valence-corrected chi connectivity index (χ1v) is 7.29. The van der Waals surface area contributed by atoms with Gasteiger partial charge >= 0.3 is 0 Å². The molecule has 1 fully saturated rings. The standard InChI is InChI=1S/C15H23N3O2/c1-3-17-8-4-5-14(11-17)16-10-13-7-6-12(2)15(9-13)18(19)20/h6-7,9,14,16H,3-5,8,10-11H2,1-2H3. The van der Waals surface area contributed by atoms with Gasteiger partial charge in [-0.05, 0) is 38.4 Å². The quantitative estimate of drug-likeness (QED) is 0.663. The number of likely N-dealkylation sites (tertiary alicyclic amines) is 1. The number of nitro groups is 1. The van der Waals surface area contributed by atoms with Crippen LogP contribution in [-0.4, -0.2) is 35.5 Å². The normalized spacial score (nSPS) is 20.0. The van der Waals surface area contributed by atoms with Gasteiger partial charge in [-0.15, -0.1) is 0 Å². The highest BCUT2D eigenvalue weighted by Crippen LogP contribution is 2.19. The van der Waals surface area contributed by atoms with E-state index in [1.807, 2.05) is 12.1 Å². The molecule has 110 valence electrons. The third kappa shape index (κ3) is 3.77.